The zero-order chi connectivity index (χ0) is 19.1. The van der Waals surface area contributed by atoms with Crippen molar-refractivity contribution >= 4 is 28.5 Å². The average Bonchev–Trinajstić information content (AvgIpc) is 3.44. The lowest BCUT2D eigenvalue weighted by Gasteiger charge is -2.30. The third kappa shape index (κ3) is 3.03. The highest BCUT2D eigenvalue weighted by molar-refractivity contribution is 8.14. The Bertz CT molecular complexity index is 1000. The van der Waals surface area contributed by atoms with Gasteiger partial charge in [-0.2, -0.15) is 0 Å². The van der Waals surface area contributed by atoms with Crippen LogP contribution in [0.3, 0.4) is 0 Å². The number of nitrogens with zero attached hydrogens (tertiary/aromatic N) is 3. The molecule has 4 heterocycles. The van der Waals surface area contributed by atoms with Gasteiger partial charge in [0.1, 0.15) is 23.6 Å². The summed E-state index contributed by atoms with van der Waals surface area (Å²) in [5.74, 6) is 2.85. The predicted molar refractivity (Wildman–Crippen MR) is 115 cm³/mol. The summed E-state index contributed by atoms with van der Waals surface area (Å²) in [6.07, 6.45) is 2.92. The van der Waals surface area contributed by atoms with Gasteiger partial charge in [-0.05, 0) is 55.0 Å². The van der Waals surface area contributed by atoms with Crippen molar-refractivity contribution in [1.82, 2.24) is 9.88 Å². The Balaban J connectivity index is 1.55. The number of hydrogen-bond acceptors (Lipinski definition) is 5. The topological polar surface area (TPSA) is 41.6 Å². The summed E-state index contributed by atoms with van der Waals surface area (Å²) in [6.45, 7) is 2.24. The molecule has 142 valence electrons. The van der Waals surface area contributed by atoms with Crippen molar-refractivity contribution in [3.63, 3.8) is 0 Å². The summed E-state index contributed by atoms with van der Waals surface area (Å²) in [5.41, 5.74) is 2.00. The van der Waals surface area contributed by atoms with E-state index in [-0.39, 0.29) is 12.1 Å². The number of furan rings is 1. The second-order valence-corrected chi connectivity index (χ2v) is 8.47. The molecule has 2 aliphatic rings. The lowest BCUT2D eigenvalue weighted by atomic mass is 10.0. The number of pyridine rings is 1. The normalized spacial score (nSPS) is 23.7. The summed E-state index contributed by atoms with van der Waals surface area (Å²) in [5, 5.41) is 1.83. The van der Waals surface area contributed by atoms with Crippen LogP contribution in [-0.4, -0.2) is 26.8 Å². The Kier molecular flexibility index (Phi) is 4.65. The Morgan fingerprint density at radius 2 is 2.00 bits per heavy atom. The largest absolute Gasteiger partial charge is 0.459 e. The van der Waals surface area contributed by atoms with Crippen molar-refractivity contribution in [3.8, 4) is 11.3 Å². The molecule has 2 aromatic heterocycles. The molecule has 0 spiro atoms. The minimum Gasteiger partial charge on any atom is -0.459 e. The number of thioether (sulfide) groups is 1. The van der Waals surface area contributed by atoms with Crippen LogP contribution in [-0.2, 0) is 0 Å². The average molecular weight is 410 g/mol. The van der Waals surface area contributed by atoms with E-state index in [1.54, 1.807) is 0 Å². The van der Waals surface area contributed by atoms with Gasteiger partial charge in [-0.3, -0.25) is 4.98 Å². The zero-order valence-electron chi connectivity index (χ0n) is 15.5. The van der Waals surface area contributed by atoms with E-state index in [9.17, 15) is 0 Å². The molecule has 0 radical (unpaired) electrons. The van der Waals surface area contributed by atoms with Gasteiger partial charge in [-0.25, -0.2) is 4.99 Å². The SMILES string of the molecule is CC[C@H]1CSC2=N[C@H](c3ccccn3)[C@@H](c3ccc(-c4ccc(Cl)cc4)o3)N21. The van der Waals surface area contributed by atoms with Crippen molar-refractivity contribution < 1.29 is 4.42 Å². The highest BCUT2D eigenvalue weighted by Crippen LogP contribution is 2.49. The second-order valence-electron chi connectivity index (χ2n) is 7.05. The molecule has 2 aliphatic heterocycles. The fraction of sp³-hybridized carbons (Fsp3) is 0.273. The maximum atomic E-state index is 6.35. The number of fused-ring (bicyclic) bond motifs is 1. The highest BCUT2D eigenvalue weighted by atomic mass is 35.5. The van der Waals surface area contributed by atoms with Gasteiger partial charge < -0.3 is 9.32 Å². The number of aromatic nitrogens is 1. The second kappa shape index (κ2) is 7.30. The molecule has 6 heteroatoms. The molecule has 0 aliphatic carbocycles. The van der Waals surface area contributed by atoms with E-state index in [0.29, 0.717) is 6.04 Å². The number of amidine groups is 1. The number of aliphatic imine (C=N–C) groups is 1. The lowest BCUT2D eigenvalue weighted by molar-refractivity contribution is 0.226. The third-order valence-electron chi connectivity index (χ3n) is 5.38. The van der Waals surface area contributed by atoms with Crippen LogP contribution in [0.2, 0.25) is 5.02 Å². The molecule has 1 fully saturated rings. The summed E-state index contributed by atoms with van der Waals surface area (Å²) >= 11 is 7.87. The standard InChI is InChI=1S/C22H20ClN3OS/c1-2-16-13-28-22-25-20(17-5-3-4-12-24-17)21(26(16)22)19-11-10-18(27-19)14-6-8-15(23)9-7-14/h3-12,16,20-21H,2,13H2,1H3/t16-,20+,21+/m0/s1. The Labute approximate surface area is 173 Å². The minimum atomic E-state index is -0.0535. The van der Waals surface area contributed by atoms with Crippen LogP contribution < -0.4 is 0 Å². The van der Waals surface area contributed by atoms with E-state index < -0.39 is 0 Å². The number of hydrogen-bond donors (Lipinski definition) is 0. The molecule has 4 nitrogen and oxygen atoms in total. The molecule has 0 N–H and O–H groups in total. The van der Waals surface area contributed by atoms with E-state index in [2.05, 4.69) is 28.9 Å². The highest BCUT2D eigenvalue weighted by Gasteiger charge is 2.46. The lowest BCUT2D eigenvalue weighted by Crippen LogP contribution is -2.35. The molecule has 1 saturated heterocycles. The van der Waals surface area contributed by atoms with Crippen LogP contribution in [0.15, 0.2) is 70.2 Å². The third-order valence-corrected chi connectivity index (χ3v) is 6.75. The van der Waals surface area contributed by atoms with Crippen LogP contribution in [0.4, 0.5) is 0 Å². The number of benzene rings is 1. The van der Waals surface area contributed by atoms with Gasteiger partial charge in [0.25, 0.3) is 0 Å². The first-order valence-corrected chi connectivity index (χ1v) is 10.9. The summed E-state index contributed by atoms with van der Waals surface area (Å²) < 4.78 is 6.35. The van der Waals surface area contributed by atoms with Crippen LogP contribution in [0, 0.1) is 0 Å². The predicted octanol–water partition coefficient (Wildman–Crippen LogP) is 5.97. The number of rotatable bonds is 4. The fourth-order valence-electron chi connectivity index (χ4n) is 3.94. The summed E-state index contributed by atoms with van der Waals surface area (Å²) in [4.78, 5) is 12.1. The quantitative estimate of drug-likeness (QED) is 0.532. The molecular formula is C22H20ClN3OS. The number of halogens is 1. The van der Waals surface area contributed by atoms with Gasteiger partial charge in [-0.15, -0.1) is 0 Å². The first-order chi connectivity index (χ1) is 13.7. The van der Waals surface area contributed by atoms with E-state index in [4.69, 9.17) is 21.0 Å². The van der Waals surface area contributed by atoms with Gasteiger partial charge >= 0.3 is 0 Å². The van der Waals surface area contributed by atoms with Gasteiger partial charge in [-0.1, -0.05) is 36.4 Å². The summed E-state index contributed by atoms with van der Waals surface area (Å²) in [7, 11) is 0. The monoisotopic (exact) mass is 409 g/mol. The van der Waals surface area contributed by atoms with Crippen LogP contribution in [0.5, 0.6) is 0 Å². The molecule has 3 atom stereocenters. The van der Waals surface area contributed by atoms with E-state index >= 15 is 0 Å². The molecule has 0 saturated carbocycles. The van der Waals surface area contributed by atoms with Gasteiger partial charge in [0.05, 0.1) is 5.69 Å². The Morgan fingerprint density at radius 3 is 2.75 bits per heavy atom. The van der Waals surface area contributed by atoms with Crippen molar-refractivity contribution in [2.75, 3.05) is 5.75 Å². The Morgan fingerprint density at radius 1 is 1.14 bits per heavy atom. The maximum Gasteiger partial charge on any atom is 0.161 e. The van der Waals surface area contributed by atoms with E-state index in [1.807, 2.05) is 60.4 Å². The van der Waals surface area contributed by atoms with Crippen LogP contribution in [0.1, 0.15) is 36.9 Å². The van der Waals surface area contributed by atoms with E-state index in [1.165, 1.54) is 0 Å². The minimum absolute atomic E-state index is 0.0332. The molecule has 28 heavy (non-hydrogen) atoms. The van der Waals surface area contributed by atoms with Crippen LogP contribution >= 0.6 is 23.4 Å². The molecule has 0 bridgehead atoms. The van der Waals surface area contributed by atoms with E-state index in [0.717, 1.165) is 45.1 Å². The molecule has 3 aromatic rings. The van der Waals surface area contributed by atoms with Crippen molar-refractivity contribution in [2.24, 2.45) is 4.99 Å². The fourth-order valence-corrected chi connectivity index (χ4v) is 5.40. The summed E-state index contributed by atoms with van der Waals surface area (Å²) in [6, 6.07) is 18.3. The molecule has 1 aromatic carbocycles. The molecule has 0 unspecified atom stereocenters. The van der Waals surface area contributed by atoms with Gasteiger partial charge in [0.15, 0.2) is 5.17 Å². The first kappa shape index (κ1) is 17.8. The molecular weight excluding hydrogens is 390 g/mol. The maximum absolute atomic E-state index is 6.35. The molecule has 5 rings (SSSR count). The van der Waals surface area contributed by atoms with Crippen molar-refractivity contribution in [1.29, 1.82) is 0 Å². The van der Waals surface area contributed by atoms with Crippen molar-refractivity contribution in [2.45, 2.75) is 31.5 Å². The van der Waals surface area contributed by atoms with Crippen molar-refractivity contribution in [3.05, 3.63) is 77.3 Å². The smallest absolute Gasteiger partial charge is 0.161 e. The zero-order valence-corrected chi connectivity index (χ0v) is 17.0. The first-order valence-electron chi connectivity index (χ1n) is 9.50. The Hall–Kier alpha value is -2.24. The van der Waals surface area contributed by atoms with Gasteiger partial charge in [0.2, 0.25) is 0 Å². The molecule has 0 amide bonds. The van der Waals surface area contributed by atoms with Crippen LogP contribution in [0.25, 0.3) is 11.3 Å². The van der Waals surface area contributed by atoms with Gasteiger partial charge in [0, 0.05) is 28.6 Å².